The number of ether oxygens (including phenoxy) is 1. The van der Waals surface area contributed by atoms with Crippen LogP contribution in [0.3, 0.4) is 0 Å². The van der Waals surface area contributed by atoms with E-state index < -0.39 is 5.97 Å². The number of rotatable bonds is 2. The maximum Gasteiger partial charge on any atom is 0.338 e. The number of carboxylic acid groups (broad SMARTS) is 1. The summed E-state index contributed by atoms with van der Waals surface area (Å²) in [6, 6.07) is 10.9. The van der Waals surface area contributed by atoms with E-state index in [1.807, 2.05) is 28.8 Å². The minimum absolute atomic E-state index is 0.327. The van der Waals surface area contributed by atoms with E-state index in [1.165, 1.54) is 0 Å². The van der Waals surface area contributed by atoms with Gasteiger partial charge in [0, 0.05) is 17.6 Å². The summed E-state index contributed by atoms with van der Waals surface area (Å²) < 4.78 is 7.04. The summed E-state index contributed by atoms with van der Waals surface area (Å²) in [6.45, 7) is 0. The zero-order chi connectivity index (χ0) is 12.7. The third-order valence-corrected chi connectivity index (χ3v) is 3.06. The lowest BCUT2D eigenvalue weighted by atomic mass is 10.1. The lowest BCUT2D eigenvalue weighted by molar-refractivity contribution is 0.0701. The van der Waals surface area contributed by atoms with Crippen LogP contribution in [0.4, 0.5) is 0 Å². The van der Waals surface area contributed by atoms with Gasteiger partial charge in [-0.3, -0.25) is 0 Å². The molecule has 0 amide bonds. The first-order valence-electron chi connectivity index (χ1n) is 5.52. The van der Waals surface area contributed by atoms with Crippen molar-refractivity contribution in [1.29, 1.82) is 0 Å². The van der Waals surface area contributed by atoms with Gasteiger partial charge >= 0.3 is 5.97 Å². The summed E-state index contributed by atoms with van der Waals surface area (Å²) in [7, 11) is 1.59. The largest absolute Gasteiger partial charge is 0.497 e. The second-order valence-electron chi connectivity index (χ2n) is 4.02. The highest BCUT2D eigenvalue weighted by molar-refractivity contribution is 6.11. The van der Waals surface area contributed by atoms with E-state index in [-0.39, 0.29) is 0 Å². The van der Waals surface area contributed by atoms with Gasteiger partial charge in [0.15, 0.2) is 0 Å². The van der Waals surface area contributed by atoms with E-state index in [2.05, 4.69) is 0 Å². The van der Waals surface area contributed by atoms with Crippen LogP contribution >= 0.6 is 0 Å². The van der Waals surface area contributed by atoms with Crippen LogP contribution in [0.25, 0.3) is 16.4 Å². The highest BCUT2D eigenvalue weighted by Gasteiger charge is 2.17. The summed E-state index contributed by atoms with van der Waals surface area (Å²) in [5, 5.41) is 10.1. The van der Waals surface area contributed by atoms with Gasteiger partial charge < -0.3 is 14.2 Å². The molecule has 0 spiro atoms. The van der Waals surface area contributed by atoms with Crippen LogP contribution in [-0.4, -0.2) is 22.6 Å². The van der Waals surface area contributed by atoms with Crippen molar-refractivity contribution in [3.05, 3.63) is 48.2 Å². The highest BCUT2D eigenvalue weighted by Crippen LogP contribution is 2.29. The van der Waals surface area contributed by atoms with Crippen molar-refractivity contribution in [3.8, 4) is 5.75 Å². The van der Waals surface area contributed by atoms with Crippen molar-refractivity contribution in [2.24, 2.45) is 0 Å². The molecule has 2 heterocycles. The predicted molar refractivity (Wildman–Crippen MR) is 68.4 cm³/mol. The Kier molecular flexibility index (Phi) is 2.23. The Morgan fingerprint density at radius 3 is 2.78 bits per heavy atom. The number of aromatic nitrogens is 1. The van der Waals surface area contributed by atoms with Crippen LogP contribution in [0.1, 0.15) is 10.4 Å². The van der Waals surface area contributed by atoms with E-state index in [1.54, 1.807) is 25.3 Å². The number of carbonyl (C=O) groups is 1. The molecular formula is C14H11NO3. The Hall–Kier alpha value is -2.49. The molecule has 3 aromatic rings. The van der Waals surface area contributed by atoms with E-state index in [0.717, 1.165) is 10.9 Å². The summed E-state index contributed by atoms with van der Waals surface area (Å²) in [5.41, 5.74) is 1.85. The van der Waals surface area contributed by atoms with Gasteiger partial charge in [0.25, 0.3) is 0 Å². The molecule has 0 atom stereocenters. The maximum absolute atomic E-state index is 11.4. The van der Waals surface area contributed by atoms with Crippen LogP contribution < -0.4 is 4.74 Å². The van der Waals surface area contributed by atoms with Crippen molar-refractivity contribution in [1.82, 2.24) is 4.40 Å². The van der Waals surface area contributed by atoms with Gasteiger partial charge in [-0.15, -0.1) is 0 Å². The molecular weight excluding hydrogens is 230 g/mol. The fourth-order valence-electron chi connectivity index (χ4n) is 2.27. The van der Waals surface area contributed by atoms with Gasteiger partial charge in [0.2, 0.25) is 0 Å². The predicted octanol–water partition coefficient (Wildman–Crippen LogP) is 2.80. The Morgan fingerprint density at radius 1 is 1.22 bits per heavy atom. The molecule has 4 nitrogen and oxygen atoms in total. The molecule has 90 valence electrons. The van der Waals surface area contributed by atoms with Crippen LogP contribution in [0.15, 0.2) is 42.6 Å². The molecule has 0 aliphatic carbocycles. The average Bonchev–Trinajstić information content (AvgIpc) is 2.72. The maximum atomic E-state index is 11.4. The molecule has 0 saturated heterocycles. The van der Waals surface area contributed by atoms with E-state index >= 15 is 0 Å². The minimum Gasteiger partial charge on any atom is -0.497 e. The van der Waals surface area contributed by atoms with Crippen molar-refractivity contribution >= 4 is 22.4 Å². The van der Waals surface area contributed by atoms with E-state index in [4.69, 9.17) is 4.74 Å². The number of pyridine rings is 1. The van der Waals surface area contributed by atoms with Crippen LogP contribution in [0, 0.1) is 0 Å². The van der Waals surface area contributed by atoms with Gasteiger partial charge in [-0.25, -0.2) is 4.79 Å². The number of fused-ring (bicyclic) bond motifs is 3. The summed E-state index contributed by atoms with van der Waals surface area (Å²) in [5.74, 6) is -0.207. The van der Waals surface area contributed by atoms with Crippen LogP contribution in [0.5, 0.6) is 5.75 Å². The number of methoxy groups -OCH3 is 1. The van der Waals surface area contributed by atoms with E-state index in [0.29, 0.717) is 16.8 Å². The quantitative estimate of drug-likeness (QED) is 0.750. The average molecular weight is 241 g/mol. The Balaban J connectivity index is 2.53. The SMILES string of the molecule is COc1ccc2c(C(=O)O)c3ccccn3c2c1. The van der Waals surface area contributed by atoms with Crippen LogP contribution in [0.2, 0.25) is 0 Å². The molecule has 18 heavy (non-hydrogen) atoms. The summed E-state index contributed by atoms with van der Waals surface area (Å²) >= 11 is 0. The Labute approximate surface area is 103 Å². The minimum atomic E-state index is -0.918. The van der Waals surface area contributed by atoms with Gasteiger partial charge in [-0.2, -0.15) is 0 Å². The first kappa shape index (κ1) is 10.7. The first-order valence-corrected chi connectivity index (χ1v) is 5.52. The third kappa shape index (κ3) is 1.35. The highest BCUT2D eigenvalue weighted by atomic mass is 16.5. The first-order chi connectivity index (χ1) is 8.72. The molecule has 1 aromatic carbocycles. The summed E-state index contributed by atoms with van der Waals surface area (Å²) in [4.78, 5) is 11.4. The van der Waals surface area contributed by atoms with Crippen molar-refractivity contribution in [2.75, 3.05) is 7.11 Å². The zero-order valence-corrected chi connectivity index (χ0v) is 9.75. The van der Waals surface area contributed by atoms with Crippen molar-refractivity contribution in [2.45, 2.75) is 0 Å². The number of hydrogen-bond donors (Lipinski definition) is 1. The molecule has 4 heteroatoms. The molecule has 0 aliphatic rings. The van der Waals surface area contributed by atoms with Gasteiger partial charge in [0.05, 0.1) is 23.7 Å². The molecule has 3 rings (SSSR count). The normalized spacial score (nSPS) is 10.9. The topological polar surface area (TPSA) is 50.9 Å². The number of hydrogen-bond acceptors (Lipinski definition) is 2. The third-order valence-electron chi connectivity index (χ3n) is 3.06. The molecule has 0 aliphatic heterocycles. The Morgan fingerprint density at radius 2 is 2.06 bits per heavy atom. The lowest BCUT2D eigenvalue weighted by Gasteiger charge is -2.00. The number of carboxylic acids is 1. The number of benzene rings is 1. The van der Waals surface area contributed by atoms with Crippen LogP contribution in [-0.2, 0) is 0 Å². The standard InChI is InChI=1S/C14H11NO3/c1-18-9-5-6-10-12(8-9)15-7-3-2-4-11(15)13(10)14(16)17/h2-8H,1H3,(H,16,17). The zero-order valence-electron chi connectivity index (χ0n) is 9.75. The number of nitrogens with zero attached hydrogens (tertiary/aromatic N) is 1. The fraction of sp³-hybridized carbons (Fsp3) is 0.0714. The summed E-state index contributed by atoms with van der Waals surface area (Å²) in [6.07, 6.45) is 1.85. The number of aromatic carboxylic acids is 1. The van der Waals surface area contributed by atoms with Crippen molar-refractivity contribution < 1.29 is 14.6 Å². The lowest BCUT2D eigenvalue weighted by Crippen LogP contribution is -1.95. The molecule has 1 N–H and O–H groups in total. The second kappa shape index (κ2) is 3.77. The molecule has 0 radical (unpaired) electrons. The monoisotopic (exact) mass is 241 g/mol. The molecule has 0 saturated carbocycles. The van der Waals surface area contributed by atoms with Gasteiger partial charge in [-0.1, -0.05) is 6.07 Å². The molecule has 0 bridgehead atoms. The Bertz CT molecular complexity index is 758. The smallest absolute Gasteiger partial charge is 0.338 e. The fourth-order valence-corrected chi connectivity index (χ4v) is 2.27. The second-order valence-corrected chi connectivity index (χ2v) is 4.02. The van der Waals surface area contributed by atoms with Gasteiger partial charge in [-0.05, 0) is 24.3 Å². The molecule has 2 aromatic heterocycles. The molecule has 0 unspecified atom stereocenters. The molecule has 0 fully saturated rings. The van der Waals surface area contributed by atoms with Crippen molar-refractivity contribution in [3.63, 3.8) is 0 Å². The van der Waals surface area contributed by atoms with E-state index in [9.17, 15) is 9.90 Å². The van der Waals surface area contributed by atoms with Gasteiger partial charge in [0.1, 0.15) is 5.75 Å².